The second-order valence-electron chi connectivity index (χ2n) is 4.94. The number of rotatable bonds is 2. The lowest BCUT2D eigenvalue weighted by Gasteiger charge is -2.27. The molecule has 4 N–H and O–H groups in total. The molecule has 0 unspecified atom stereocenters. The topological polar surface area (TPSA) is 133 Å². The van der Waals surface area contributed by atoms with Crippen molar-refractivity contribution in [1.29, 1.82) is 0 Å². The normalized spacial score (nSPS) is 33.9. The zero-order valence-electron chi connectivity index (χ0n) is 10.6. The standard InChI is InChI=1S/C11H14N4O5/c1-11(19)7(17)5(2-16)20-10(11)15-4-14-6-8(15)12-3-13-9(6)18/h3-5,7,10,16-17,19H,2H2,1H3,(H,12,13,18)/t5-,7-,10-,11+/m1/s1. The molecule has 0 amide bonds. The number of H-pyrrole nitrogens is 1. The van der Waals surface area contributed by atoms with E-state index in [9.17, 15) is 15.0 Å². The second kappa shape index (κ2) is 4.35. The summed E-state index contributed by atoms with van der Waals surface area (Å²) >= 11 is 0. The minimum Gasteiger partial charge on any atom is -0.394 e. The third-order valence-corrected chi connectivity index (χ3v) is 3.55. The average molecular weight is 282 g/mol. The van der Waals surface area contributed by atoms with Gasteiger partial charge >= 0.3 is 0 Å². The molecule has 4 atom stereocenters. The van der Waals surface area contributed by atoms with Crippen molar-refractivity contribution in [3.63, 3.8) is 0 Å². The van der Waals surface area contributed by atoms with Gasteiger partial charge in [-0.2, -0.15) is 0 Å². The number of nitrogens with one attached hydrogen (secondary N) is 1. The van der Waals surface area contributed by atoms with Crippen molar-refractivity contribution in [3.8, 4) is 0 Å². The van der Waals surface area contributed by atoms with E-state index in [0.717, 1.165) is 0 Å². The number of nitrogens with zero attached hydrogens (tertiary/aromatic N) is 3. The van der Waals surface area contributed by atoms with Crippen LogP contribution in [0.4, 0.5) is 0 Å². The van der Waals surface area contributed by atoms with Gasteiger partial charge in [0.05, 0.1) is 19.3 Å². The molecule has 1 aliphatic rings. The molecule has 0 aromatic carbocycles. The molecule has 2 aromatic heterocycles. The van der Waals surface area contributed by atoms with E-state index in [1.165, 1.54) is 24.1 Å². The molecule has 1 aliphatic heterocycles. The number of ether oxygens (including phenoxy) is 1. The fourth-order valence-corrected chi connectivity index (χ4v) is 2.42. The molecule has 0 spiro atoms. The van der Waals surface area contributed by atoms with E-state index in [0.29, 0.717) is 0 Å². The summed E-state index contributed by atoms with van der Waals surface area (Å²) in [6, 6.07) is 0. The lowest BCUT2D eigenvalue weighted by Crippen LogP contribution is -2.44. The van der Waals surface area contributed by atoms with E-state index >= 15 is 0 Å². The van der Waals surface area contributed by atoms with E-state index in [4.69, 9.17) is 9.84 Å². The maximum absolute atomic E-state index is 11.6. The first-order valence-electron chi connectivity index (χ1n) is 6.03. The van der Waals surface area contributed by atoms with Crippen molar-refractivity contribution in [2.75, 3.05) is 6.61 Å². The first-order chi connectivity index (χ1) is 9.46. The zero-order chi connectivity index (χ0) is 14.5. The van der Waals surface area contributed by atoms with Crippen molar-refractivity contribution in [2.45, 2.75) is 31.0 Å². The first kappa shape index (κ1) is 13.2. The highest BCUT2D eigenvalue weighted by Gasteiger charge is 2.53. The van der Waals surface area contributed by atoms with Crippen LogP contribution in [0.1, 0.15) is 13.2 Å². The predicted octanol–water partition coefficient (Wildman–Crippen LogP) is -1.88. The number of aromatic nitrogens is 4. The fourth-order valence-electron chi connectivity index (χ4n) is 2.42. The Hall–Kier alpha value is -1.81. The Morgan fingerprint density at radius 1 is 1.55 bits per heavy atom. The third-order valence-electron chi connectivity index (χ3n) is 3.55. The lowest BCUT2D eigenvalue weighted by atomic mass is 9.96. The summed E-state index contributed by atoms with van der Waals surface area (Å²) in [5, 5.41) is 29.5. The summed E-state index contributed by atoms with van der Waals surface area (Å²) < 4.78 is 6.82. The molecule has 9 heteroatoms. The minimum absolute atomic E-state index is 0.105. The highest BCUT2D eigenvalue weighted by Crippen LogP contribution is 2.38. The zero-order valence-corrected chi connectivity index (χ0v) is 10.6. The Morgan fingerprint density at radius 3 is 2.95 bits per heavy atom. The van der Waals surface area contributed by atoms with Crippen LogP contribution in [-0.2, 0) is 4.74 Å². The Labute approximate surface area is 112 Å². The smallest absolute Gasteiger partial charge is 0.278 e. The SMILES string of the molecule is C[C@]1(O)[C@H](O)[C@@H](CO)O[C@H]1n1cnc2c(=O)[nH]cnc21. The summed E-state index contributed by atoms with van der Waals surface area (Å²) in [7, 11) is 0. The van der Waals surface area contributed by atoms with Crippen LogP contribution in [0.5, 0.6) is 0 Å². The highest BCUT2D eigenvalue weighted by molar-refractivity contribution is 5.68. The summed E-state index contributed by atoms with van der Waals surface area (Å²) in [5.74, 6) is 0. The van der Waals surface area contributed by atoms with E-state index in [2.05, 4.69) is 15.0 Å². The molecule has 9 nitrogen and oxygen atoms in total. The molecule has 0 saturated carbocycles. The molecule has 1 saturated heterocycles. The number of imidazole rings is 1. The van der Waals surface area contributed by atoms with Gasteiger partial charge in [-0.25, -0.2) is 9.97 Å². The van der Waals surface area contributed by atoms with Crippen molar-refractivity contribution in [1.82, 2.24) is 19.5 Å². The maximum Gasteiger partial charge on any atom is 0.278 e. The summed E-state index contributed by atoms with van der Waals surface area (Å²) in [6.07, 6.45) is -0.675. The molecule has 20 heavy (non-hydrogen) atoms. The van der Waals surface area contributed by atoms with Gasteiger partial charge in [0.25, 0.3) is 5.56 Å². The van der Waals surface area contributed by atoms with Crippen LogP contribution in [0.2, 0.25) is 0 Å². The van der Waals surface area contributed by atoms with Gasteiger partial charge in [-0.15, -0.1) is 0 Å². The van der Waals surface area contributed by atoms with Crippen LogP contribution in [0.25, 0.3) is 11.2 Å². The molecule has 3 rings (SSSR count). The Balaban J connectivity index is 2.12. The summed E-state index contributed by atoms with van der Waals surface area (Å²) in [4.78, 5) is 21.9. The van der Waals surface area contributed by atoms with E-state index in [1.807, 2.05) is 0 Å². The van der Waals surface area contributed by atoms with Crippen LogP contribution in [0, 0.1) is 0 Å². The van der Waals surface area contributed by atoms with Crippen LogP contribution < -0.4 is 5.56 Å². The van der Waals surface area contributed by atoms with Crippen molar-refractivity contribution in [2.24, 2.45) is 0 Å². The Kier molecular flexibility index (Phi) is 2.87. The minimum atomic E-state index is -1.65. The number of aromatic amines is 1. The van der Waals surface area contributed by atoms with Gasteiger partial charge in [0.15, 0.2) is 17.4 Å². The predicted molar refractivity (Wildman–Crippen MR) is 65.8 cm³/mol. The van der Waals surface area contributed by atoms with Gasteiger partial charge in [0.2, 0.25) is 0 Å². The average Bonchev–Trinajstić information content (AvgIpc) is 2.92. The van der Waals surface area contributed by atoms with Crippen molar-refractivity contribution >= 4 is 11.2 Å². The quantitative estimate of drug-likeness (QED) is 0.506. The van der Waals surface area contributed by atoms with Crippen LogP contribution in [-0.4, -0.2) is 59.3 Å². The molecular weight excluding hydrogens is 268 g/mol. The van der Waals surface area contributed by atoms with Gasteiger partial charge in [-0.1, -0.05) is 0 Å². The Bertz CT molecular complexity index is 693. The van der Waals surface area contributed by atoms with E-state index in [-0.39, 0.29) is 11.2 Å². The fraction of sp³-hybridized carbons (Fsp3) is 0.545. The molecule has 3 heterocycles. The number of aliphatic hydroxyl groups is 3. The van der Waals surface area contributed by atoms with Crippen LogP contribution in [0.3, 0.4) is 0 Å². The molecule has 108 valence electrons. The lowest BCUT2D eigenvalue weighted by molar-refractivity contribution is -0.0950. The number of fused-ring (bicyclic) bond motifs is 1. The highest BCUT2D eigenvalue weighted by atomic mass is 16.6. The maximum atomic E-state index is 11.6. The Morgan fingerprint density at radius 2 is 2.30 bits per heavy atom. The van der Waals surface area contributed by atoms with Gasteiger partial charge in [0, 0.05) is 0 Å². The largest absolute Gasteiger partial charge is 0.394 e. The van der Waals surface area contributed by atoms with Crippen molar-refractivity contribution in [3.05, 3.63) is 23.0 Å². The number of hydrogen-bond donors (Lipinski definition) is 4. The third kappa shape index (κ3) is 1.68. The monoisotopic (exact) mass is 282 g/mol. The van der Waals surface area contributed by atoms with Gasteiger partial charge in [0.1, 0.15) is 17.8 Å². The van der Waals surface area contributed by atoms with Gasteiger partial charge in [-0.05, 0) is 6.92 Å². The molecule has 0 bridgehead atoms. The summed E-state index contributed by atoms with van der Waals surface area (Å²) in [5.41, 5.74) is -1.73. The molecule has 2 aromatic rings. The van der Waals surface area contributed by atoms with E-state index < -0.39 is 36.2 Å². The van der Waals surface area contributed by atoms with Gasteiger partial charge < -0.3 is 25.0 Å². The molecular formula is C11H14N4O5. The second-order valence-corrected chi connectivity index (χ2v) is 4.94. The first-order valence-corrected chi connectivity index (χ1v) is 6.03. The molecule has 0 aliphatic carbocycles. The van der Waals surface area contributed by atoms with E-state index in [1.54, 1.807) is 0 Å². The number of hydrogen-bond acceptors (Lipinski definition) is 7. The van der Waals surface area contributed by atoms with Crippen LogP contribution in [0.15, 0.2) is 17.4 Å². The van der Waals surface area contributed by atoms with Crippen LogP contribution >= 0.6 is 0 Å². The number of aliphatic hydroxyl groups excluding tert-OH is 2. The van der Waals surface area contributed by atoms with Crippen molar-refractivity contribution < 1.29 is 20.1 Å². The molecule has 1 fully saturated rings. The van der Waals surface area contributed by atoms with Gasteiger partial charge in [-0.3, -0.25) is 9.36 Å². The summed E-state index contributed by atoms with van der Waals surface area (Å²) in [6.45, 7) is 0.950. The molecule has 0 radical (unpaired) electrons.